The van der Waals surface area contributed by atoms with Crippen molar-refractivity contribution >= 4 is 5.97 Å². The lowest BCUT2D eigenvalue weighted by atomic mass is 10.4. The molecule has 4 heteroatoms. The molecule has 1 aromatic rings. The molecule has 0 atom stereocenters. The lowest BCUT2D eigenvalue weighted by Crippen LogP contribution is -2.39. The molecule has 0 unspecified atom stereocenters. The summed E-state index contributed by atoms with van der Waals surface area (Å²) in [6.07, 6.45) is 1.10. The van der Waals surface area contributed by atoms with E-state index in [1.807, 2.05) is 0 Å². The quantitative estimate of drug-likeness (QED) is 0.357. The Labute approximate surface area is 56.9 Å². The Morgan fingerprint density at radius 2 is 2.20 bits per heavy atom. The van der Waals surface area contributed by atoms with Crippen molar-refractivity contribution < 1.29 is 14.6 Å². The fourth-order valence-electron chi connectivity index (χ4n) is 0.586. The number of carbonyl (C=O) groups excluding carboxylic acids is 1. The van der Waals surface area contributed by atoms with E-state index >= 15 is 0 Å². The summed E-state index contributed by atoms with van der Waals surface area (Å²) in [6, 6.07) is 4.08. The van der Waals surface area contributed by atoms with Crippen LogP contribution in [0.2, 0.25) is 0 Å². The maximum absolute atomic E-state index is 10.6. The fraction of sp³-hybridized carbons (Fsp3) is 0. The maximum atomic E-state index is 10.6. The number of hydrogen-bond donors (Lipinski definition) is 0. The molecule has 0 saturated carbocycles. The van der Waals surface area contributed by atoms with Gasteiger partial charge in [-0.1, -0.05) is 0 Å². The van der Waals surface area contributed by atoms with E-state index in [9.17, 15) is 15.1 Å². The summed E-state index contributed by atoms with van der Waals surface area (Å²) in [5.41, 5.74) is -0.373. The molecule has 0 N–H and O–H groups in total. The number of rotatable bonds is 1. The largest absolute Gasteiger partial charge is 0.618 e. The molecule has 0 aliphatic rings. The minimum atomic E-state index is -1.46. The van der Waals surface area contributed by atoms with Gasteiger partial charge in [-0.05, 0) is 6.07 Å². The van der Waals surface area contributed by atoms with Gasteiger partial charge in [0.1, 0.15) is 5.97 Å². The molecule has 1 heterocycles. The van der Waals surface area contributed by atoms with Crippen LogP contribution in [0.4, 0.5) is 0 Å². The van der Waals surface area contributed by atoms with Gasteiger partial charge in [-0.3, -0.25) is 0 Å². The van der Waals surface area contributed by atoms with Gasteiger partial charge in [0, 0.05) is 12.1 Å². The first-order valence-electron chi connectivity index (χ1n) is 2.61. The molecular weight excluding hydrogens is 134 g/mol. The molecule has 52 valence electrons. The highest BCUT2D eigenvalue weighted by Gasteiger charge is 2.01. The highest BCUT2D eigenvalue weighted by atomic mass is 16.5. The summed E-state index contributed by atoms with van der Waals surface area (Å²) in [5.74, 6) is -1.46. The van der Waals surface area contributed by atoms with E-state index in [4.69, 9.17) is 0 Å². The van der Waals surface area contributed by atoms with Gasteiger partial charge in [-0.2, -0.15) is 4.73 Å². The lowest BCUT2D eigenvalue weighted by molar-refractivity contribution is -0.611. The van der Waals surface area contributed by atoms with Crippen LogP contribution in [-0.2, 0) is 0 Å². The summed E-state index contributed by atoms with van der Waals surface area (Å²) in [7, 11) is 0. The Balaban J connectivity index is 3.15. The van der Waals surface area contributed by atoms with Crippen molar-refractivity contribution in [3.05, 3.63) is 35.3 Å². The van der Waals surface area contributed by atoms with E-state index in [1.165, 1.54) is 18.2 Å². The highest BCUT2D eigenvalue weighted by Crippen LogP contribution is 1.86. The van der Waals surface area contributed by atoms with Gasteiger partial charge in [-0.15, -0.1) is 0 Å². The zero-order valence-electron chi connectivity index (χ0n) is 4.98. The minimum Gasteiger partial charge on any atom is -0.618 e. The van der Waals surface area contributed by atoms with Crippen LogP contribution in [0.1, 0.15) is 10.5 Å². The van der Waals surface area contributed by atoms with Crippen LogP contribution in [0.5, 0.6) is 0 Å². The van der Waals surface area contributed by atoms with Crippen LogP contribution in [0.3, 0.4) is 0 Å². The van der Waals surface area contributed by atoms with Crippen LogP contribution in [0.15, 0.2) is 24.4 Å². The van der Waals surface area contributed by atoms with Crippen molar-refractivity contribution in [1.29, 1.82) is 0 Å². The third-order valence-corrected chi connectivity index (χ3v) is 1.03. The second-order valence-electron chi connectivity index (χ2n) is 1.70. The van der Waals surface area contributed by atoms with E-state index in [1.54, 1.807) is 0 Å². The van der Waals surface area contributed by atoms with E-state index in [2.05, 4.69) is 0 Å². The molecule has 0 aliphatic heterocycles. The smallest absolute Gasteiger partial charge is 0.239 e. The molecule has 1 aromatic heterocycles. The lowest BCUT2D eigenvalue weighted by Gasteiger charge is -2.02. The van der Waals surface area contributed by atoms with Crippen molar-refractivity contribution in [2.75, 3.05) is 0 Å². The van der Waals surface area contributed by atoms with Crippen LogP contribution in [0.25, 0.3) is 0 Å². The van der Waals surface area contributed by atoms with Crippen LogP contribution < -0.4 is 9.84 Å². The Bertz CT molecular complexity index is 259. The van der Waals surface area contributed by atoms with Crippen LogP contribution in [0, 0.1) is 5.21 Å². The maximum Gasteiger partial charge on any atom is 0.239 e. The molecule has 4 nitrogen and oxygen atoms in total. The first-order valence-corrected chi connectivity index (χ1v) is 2.61. The van der Waals surface area contributed by atoms with Crippen molar-refractivity contribution in [3.63, 3.8) is 0 Å². The van der Waals surface area contributed by atoms with Gasteiger partial charge in [-0.25, -0.2) is 0 Å². The number of carboxylic acids is 1. The van der Waals surface area contributed by atoms with Crippen LogP contribution >= 0.6 is 0 Å². The van der Waals surface area contributed by atoms with Crippen LogP contribution in [-0.4, -0.2) is 5.97 Å². The first kappa shape index (κ1) is 6.54. The molecule has 0 saturated heterocycles. The summed E-state index contributed by atoms with van der Waals surface area (Å²) < 4.78 is 0.245. The number of pyridine rings is 1. The Hall–Kier alpha value is -1.58. The third kappa shape index (κ3) is 1.05. The molecule has 0 radical (unpaired) electrons. The van der Waals surface area contributed by atoms with Gasteiger partial charge in [0.05, 0.1) is 0 Å². The predicted octanol–water partition coefficient (Wildman–Crippen LogP) is -1.32. The molecule has 0 fully saturated rings. The standard InChI is InChI=1S/C6H5NO3/c8-6(9)5-3-1-2-4-7(5)10/h1-4H,(H,8,9)/p-1. The Kier molecular flexibility index (Phi) is 1.53. The number of carboxylic acid groups (broad SMARTS) is 1. The van der Waals surface area contributed by atoms with E-state index in [0.29, 0.717) is 0 Å². The fourth-order valence-corrected chi connectivity index (χ4v) is 0.586. The second-order valence-corrected chi connectivity index (χ2v) is 1.70. The minimum absolute atomic E-state index is 0.245. The summed E-state index contributed by atoms with van der Waals surface area (Å²) >= 11 is 0. The number of carbonyl (C=O) groups is 1. The Morgan fingerprint density at radius 3 is 2.60 bits per heavy atom. The number of aromatic carboxylic acids is 1. The van der Waals surface area contributed by atoms with E-state index < -0.39 is 5.97 Å². The molecule has 0 amide bonds. The van der Waals surface area contributed by atoms with Gasteiger partial charge in [0.25, 0.3) is 0 Å². The highest BCUT2D eigenvalue weighted by molar-refractivity contribution is 5.81. The monoisotopic (exact) mass is 138 g/mol. The molecule has 0 bridgehead atoms. The second kappa shape index (κ2) is 2.34. The zero-order valence-corrected chi connectivity index (χ0v) is 4.98. The summed E-state index contributed by atoms with van der Waals surface area (Å²) in [5, 5.41) is 20.6. The van der Waals surface area contributed by atoms with Gasteiger partial charge in [0.15, 0.2) is 6.20 Å². The topological polar surface area (TPSA) is 67.1 Å². The molecule has 10 heavy (non-hydrogen) atoms. The Morgan fingerprint density at radius 1 is 1.50 bits per heavy atom. The summed E-state index contributed by atoms with van der Waals surface area (Å²) in [6.45, 7) is 0. The molecule has 0 aromatic carbocycles. The average Bonchev–Trinajstić information content (AvgIpc) is 1.88. The average molecular weight is 138 g/mol. The SMILES string of the molecule is O=C([O-])c1cccc[n+]1[O-]. The number of hydrogen-bond acceptors (Lipinski definition) is 3. The van der Waals surface area contributed by atoms with Crippen molar-refractivity contribution in [1.82, 2.24) is 0 Å². The normalized spacial score (nSPS) is 9.20. The first-order chi connectivity index (χ1) is 4.72. The van der Waals surface area contributed by atoms with Gasteiger partial charge in [0.2, 0.25) is 5.69 Å². The molecule has 0 aliphatic carbocycles. The summed E-state index contributed by atoms with van der Waals surface area (Å²) in [4.78, 5) is 10.1. The molecular formula is C6H4NO3-. The van der Waals surface area contributed by atoms with Crippen molar-refractivity contribution in [2.24, 2.45) is 0 Å². The van der Waals surface area contributed by atoms with E-state index in [0.717, 1.165) is 6.20 Å². The number of nitrogens with zero attached hydrogens (tertiary/aromatic N) is 1. The zero-order chi connectivity index (χ0) is 7.56. The van der Waals surface area contributed by atoms with Crippen molar-refractivity contribution in [2.45, 2.75) is 0 Å². The van der Waals surface area contributed by atoms with Gasteiger partial charge >= 0.3 is 0 Å². The molecule has 0 spiro atoms. The predicted molar refractivity (Wildman–Crippen MR) is 29.7 cm³/mol. The van der Waals surface area contributed by atoms with Gasteiger partial charge < -0.3 is 15.1 Å². The van der Waals surface area contributed by atoms with E-state index in [-0.39, 0.29) is 10.4 Å². The van der Waals surface area contributed by atoms with Crippen molar-refractivity contribution in [3.8, 4) is 0 Å². The third-order valence-electron chi connectivity index (χ3n) is 1.03. The number of aromatic nitrogens is 1. The molecule has 1 rings (SSSR count).